The van der Waals surface area contributed by atoms with Crippen LogP contribution in [-0.4, -0.2) is 25.0 Å². The number of amides is 2. The second-order valence-electron chi connectivity index (χ2n) is 6.39. The number of carbonyl (C=O) groups is 2. The minimum absolute atomic E-state index is 0.106. The van der Waals surface area contributed by atoms with Crippen molar-refractivity contribution in [2.75, 3.05) is 18.1 Å². The first-order valence-corrected chi connectivity index (χ1v) is 8.71. The van der Waals surface area contributed by atoms with Gasteiger partial charge in [-0.25, -0.2) is 8.78 Å². The molecule has 0 saturated carbocycles. The molecule has 0 aromatic heterocycles. The van der Waals surface area contributed by atoms with Crippen LogP contribution in [0, 0.1) is 11.6 Å². The number of halogens is 2. The standard InChI is InChI=1S/C20H20F2N2O3/c1-13(14-4-9-17(21)18(22)11-14)23-19(25)12-27-16-7-5-15(6-8-16)24-10-2-3-20(24)26/h4-9,11,13H,2-3,10,12H2,1H3,(H,23,25). The number of benzene rings is 2. The summed E-state index contributed by atoms with van der Waals surface area (Å²) in [7, 11) is 0. The summed E-state index contributed by atoms with van der Waals surface area (Å²) in [5.41, 5.74) is 1.27. The molecule has 1 saturated heterocycles. The lowest BCUT2D eigenvalue weighted by Crippen LogP contribution is -2.31. The number of rotatable bonds is 6. The van der Waals surface area contributed by atoms with E-state index >= 15 is 0 Å². The Hall–Kier alpha value is -2.96. The van der Waals surface area contributed by atoms with E-state index in [9.17, 15) is 18.4 Å². The lowest BCUT2D eigenvalue weighted by Gasteiger charge is -2.17. The molecule has 1 fully saturated rings. The molecule has 2 amide bonds. The molecule has 1 aliphatic rings. The van der Waals surface area contributed by atoms with Crippen LogP contribution < -0.4 is 15.0 Å². The molecule has 2 aromatic carbocycles. The van der Waals surface area contributed by atoms with Gasteiger partial charge in [-0.3, -0.25) is 9.59 Å². The summed E-state index contributed by atoms with van der Waals surface area (Å²) < 4.78 is 31.7. The smallest absolute Gasteiger partial charge is 0.258 e. The fourth-order valence-electron chi connectivity index (χ4n) is 2.94. The third kappa shape index (κ3) is 4.61. The number of nitrogens with one attached hydrogen (secondary N) is 1. The monoisotopic (exact) mass is 374 g/mol. The van der Waals surface area contributed by atoms with Gasteiger partial charge in [0, 0.05) is 18.7 Å². The van der Waals surface area contributed by atoms with Crippen LogP contribution in [0.3, 0.4) is 0 Å². The Kier molecular flexibility index (Phi) is 5.69. The van der Waals surface area contributed by atoms with E-state index in [1.54, 1.807) is 36.1 Å². The van der Waals surface area contributed by atoms with Crippen LogP contribution in [0.4, 0.5) is 14.5 Å². The van der Waals surface area contributed by atoms with Crippen molar-refractivity contribution in [3.8, 4) is 5.75 Å². The Labute approximate surface area is 155 Å². The van der Waals surface area contributed by atoms with E-state index in [1.807, 2.05) is 0 Å². The Bertz CT molecular complexity index is 840. The van der Waals surface area contributed by atoms with Gasteiger partial charge in [0.25, 0.3) is 5.91 Å². The molecular weight excluding hydrogens is 354 g/mol. The van der Waals surface area contributed by atoms with Gasteiger partial charge in [-0.1, -0.05) is 6.07 Å². The number of nitrogens with zero attached hydrogens (tertiary/aromatic N) is 1. The predicted molar refractivity (Wildman–Crippen MR) is 96.4 cm³/mol. The summed E-state index contributed by atoms with van der Waals surface area (Å²) in [5.74, 6) is -1.66. The predicted octanol–water partition coefficient (Wildman–Crippen LogP) is 3.35. The van der Waals surface area contributed by atoms with Gasteiger partial charge in [0.2, 0.25) is 5.91 Å². The van der Waals surface area contributed by atoms with Gasteiger partial charge >= 0.3 is 0 Å². The average Bonchev–Trinajstić information content (AvgIpc) is 3.08. The molecule has 0 bridgehead atoms. The van der Waals surface area contributed by atoms with Gasteiger partial charge in [-0.05, 0) is 55.3 Å². The molecule has 0 radical (unpaired) electrons. The molecule has 0 aliphatic carbocycles. The Morgan fingerprint density at radius 2 is 1.93 bits per heavy atom. The summed E-state index contributed by atoms with van der Waals surface area (Å²) in [6, 6.07) is 9.97. The summed E-state index contributed by atoms with van der Waals surface area (Å²) in [6.45, 7) is 2.17. The second-order valence-corrected chi connectivity index (χ2v) is 6.39. The highest BCUT2D eigenvalue weighted by Gasteiger charge is 2.21. The fraction of sp³-hybridized carbons (Fsp3) is 0.300. The van der Waals surface area contributed by atoms with Gasteiger partial charge in [0.1, 0.15) is 5.75 Å². The Morgan fingerprint density at radius 3 is 2.56 bits per heavy atom. The molecule has 1 atom stereocenters. The second kappa shape index (κ2) is 8.16. The molecule has 27 heavy (non-hydrogen) atoms. The molecule has 1 unspecified atom stereocenters. The Morgan fingerprint density at radius 1 is 1.19 bits per heavy atom. The Balaban J connectivity index is 1.51. The van der Waals surface area contributed by atoms with E-state index in [1.165, 1.54) is 6.07 Å². The van der Waals surface area contributed by atoms with Crippen molar-refractivity contribution in [1.29, 1.82) is 0 Å². The van der Waals surface area contributed by atoms with Crippen molar-refractivity contribution in [1.82, 2.24) is 5.32 Å². The van der Waals surface area contributed by atoms with E-state index in [0.29, 0.717) is 24.3 Å². The van der Waals surface area contributed by atoms with Crippen LogP contribution in [0.25, 0.3) is 0 Å². The number of carbonyl (C=O) groups excluding carboxylic acids is 2. The van der Waals surface area contributed by atoms with Crippen molar-refractivity contribution in [2.45, 2.75) is 25.8 Å². The minimum atomic E-state index is -0.957. The molecule has 1 heterocycles. The number of anilines is 1. The molecule has 2 aromatic rings. The molecule has 7 heteroatoms. The zero-order valence-electron chi connectivity index (χ0n) is 14.9. The maximum Gasteiger partial charge on any atom is 0.258 e. The van der Waals surface area contributed by atoms with E-state index in [2.05, 4.69) is 5.32 Å². The van der Waals surface area contributed by atoms with E-state index in [4.69, 9.17) is 4.74 Å². The average molecular weight is 374 g/mol. The van der Waals surface area contributed by atoms with Gasteiger partial charge in [-0.2, -0.15) is 0 Å². The van der Waals surface area contributed by atoms with Crippen LogP contribution in [0.1, 0.15) is 31.4 Å². The van der Waals surface area contributed by atoms with Crippen molar-refractivity contribution in [2.24, 2.45) is 0 Å². The van der Waals surface area contributed by atoms with Crippen LogP contribution in [-0.2, 0) is 9.59 Å². The topological polar surface area (TPSA) is 58.6 Å². The minimum Gasteiger partial charge on any atom is -0.484 e. The summed E-state index contributed by atoms with van der Waals surface area (Å²) in [4.78, 5) is 25.5. The molecule has 1 aliphatic heterocycles. The highest BCUT2D eigenvalue weighted by molar-refractivity contribution is 5.95. The summed E-state index contributed by atoms with van der Waals surface area (Å²) >= 11 is 0. The van der Waals surface area contributed by atoms with Gasteiger partial charge < -0.3 is 15.0 Å². The van der Waals surface area contributed by atoms with Gasteiger partial charge in [-0.15, -0.1) is 0 Å². The zero-order valence-corrected chi connectivity index (χ0v) is 14.9. The van der Waals surface area contributed by atoms with Gasteiger partial charge in [0.15, 0.2) is 18.2 Å². The zero-order chi connectivity index (χ0) is 19.4. The molecule has 1 N–H and O–H groups in total. The summed E-state index contributed by atoms with van der Waals surface area (Å²) in [6.07, 6.45) is 1.42. The number of hydrogen-bond donors (Lipinski definition) is 1. The first-order valence-electron chi connectivity index (χ1n) is 8.71. The number of hydrogen-bond acceptors (Lipinski definition) is 3. The van der Waals surface area contributed by atoms with Crippen molar-refractivity contribution >= 4 is 17.5 Å². The first kappa shape index (κ1) is 18.8. The largest absolute Gasteiger partial charge is 0.484 e. The number of ether oxygens (including phenoxy) is 1. The molecular formula is C20H20F2N2O3. The highest BCUT2D eigenvalue weighted by Crippen LogP contribution is 2.24. The van der Waals surface area contributed by atoms with E-state index in [-0.39, 0.29) is 18.4 Å². The normalized spacial score (nSPS) is 14.9. The molecule has 3 rings (SSSR count). The molecule has 0 spiro atoms. The van der Waals surface area contributed by atoms with Crippen molar-refractivity contribution in [3.63, 3.8) is 0 Å². The molecule has 142 valence electrons. The third-order valence-electron chi connectivity index (χ3n) is 4.41. The lowest BCUT2D eigenvalue weighted by atomic mass is 10.1. The quantitative estimate of drug-likeness (QED) is 0.844. The van der Waals surface area contributed by atoms with Crippen molar-refractivity contribution in [3.05, 3.63) is 59.7 Å². The third-order valence-corrected chi connectivity index (χ3v) is 4.41. The van der Waals surface area contributed by atoms with Crippen LogP contribution >= 0.6 is 0 Å². The summed E-state index contributed by atoms with van der Waals surface area (Å²) in [5, 5.41) is 2.67. The SMILES string of the molecule is CC(NC(=O)COc1ccc(N2CCCC2=O)cc1)c1ccc(F)c(F)c1. The first-order chi connectivity index (χ1) is 12.9. The van der Waals surface area contributed by atoms with Crippen LogP contribution in [0.2, 0.25) is 0 Å². The highest BCUT2D eigenvalue weighted by atomic mass is 19.2. The maximum absolute atomic E-state index is 13.3. The van der Waals surface area contributed by atoms with E-state index in [0.717, 1.165) is 24.2 Å². The van der Waals surface area contributed by atoms with Crippen molar-refractivity contribution < 1.29 is 23.1 Å². The molecule has 5 nitrogen and oxygen atoms in total. The fourth-order valence-corrected chi connectivity index (χ4v) is 2.94. The lowest BCUT2D eigenvalue weighted by molar-refractivity contribution is -0.123. The maximum atomic E-state index is 13.3. The van der Waals surface area contributed by atoms with E-state index < -0.39 is 17.7 Å². The van der Waals surface area contributed by atoms with Crippen LogP contribution in [0.15, 0.2) is 42.5 Å². The van der Waals surface area contributed by atoms with Crippen LogP contribution in [0.5, 0.6) is 5.75 Å². The van der Waals surface area contributed by atoms with Gasteiger partial charge in [0.05, 0.1) is 6.04 Å².